The molecule has 17 heavy (non-hydrogen) atoms. The maximum atomic E-state index is 12.4. The maximum absolute atomic E-state index is 12.4. The monoisotopic (exact) mass is 256 g/mol. The minimum Gasteiger partial charge on any atom is -0.358 e. The van der Waals surface area contributed by atoms with E-state index in [0.29, 0.717) is 0 Å². The Kier molecular flexibility index (Phi) is 3.30. The normalized spacial score (nSPS) is 11.9. The first-order chi connectivity index (χ1) is 7.64. The molecule has 4 nitrogen and oxygen atoms in total. The third kappa shape index (κ3) is 2.66. The van der Waals surface area contributed by atoms with Crippen LogP contribution in [0.3, 0.4) is 0 Å². The first-order valence-corrected chi connectivity index (χ1v) is 4.16. The van der Waals surface area contributed by atoms with Crippen molar-refractivity contribution in [2.24, 2.45) is 0 Å². The van der Waals surface area contributed by atoms with Crippen LogP contribution in [0, 0.1) is 17.0 Å². The zero-order chi connectivity index (χ0) is 13.4. The van der Waals surface area contributed by atoms with E-state index < -0.39 is 40.2 Å². The average molecular weight is 256 g/mol. The van der Waals surface area contributed by atoms with Crippen LogP contribution in [-0.4, -0.2) is 9.91 Å². The number of aromatic nitrogens is 1. The van der Waals surface area contributed by atoms with Gasteiger partial charge in [-0.3, -0.25) is 0 Å². The summed E-state index contributed by atoms with van der Waals surface area (Å²) in [4.78, 5) is 12.1. The van der Waals surface area contributed by atoms with Crippen LogP contribution >= 0.6 is 0 Å². The Morgan fingerprint density at radius 1 is 1.41 bits per heavy atom. The minimum absolute atomic E-state index is 0.118. The SMILES string of the molecule is Cc1c(C(F)(F)F)cc(C(F)F)nc1[N+](=O)[O-]. The summed E-state index contributed by atoms with van der Waals surface area (Å²) in [5.74, 6) is -1.21. The van der Waals surface area contributed by atoms with Crippen LogP contribution in [0.1, 0.15) is 23.2 Å². The van der Waals surface area contributed by atoms with Gasteiger partial charge in [0.15, 0.2) is 0 Å². The highest BCUT2D eigenvalue weighted by molar-refractivity contribution is 5.42. The third-order valence-electron chi connectivity index (χ3n) is 1.97. The summed E-state index contributed by atoms with van der Waals surface area (Å²) < 4.78 is 61.8. The average Bonchev–Trinajstić information content (AvgIpc) is 2.15. The Balaban J connectivity index is 3.55. The third-order valence-corrected chi connectivity index (χ3v) is 1.97. The van der Waals surface area contributed by atoms with Crippen LogP contribution in [0.4, 0.5) is 27.8 Å². The van der Waals surface area contributed by atoms with Crippen LogP contribution in [0.15, 0.2) is 6.07 Å². The van der Waals surface area contributed by atoms with Crippen molar-refractivity contribution in [2.45, 2.75) is 19.5 Å². The predicted octanol–water partition coefficient (Wildman–Crippen LogP) is 3.25. The smallest absolute Gasteiger partial charge is 0.358 e. The molecular formula is C8H5F5N2O2. The lowest BCUT2D eigenvalue weighted by atomic mass is 10.1. The zero-order valence-corrected chi connectivity index (χ0v) is 8.26. The van der Waals surface area contributed by atoms with Gasteiger partial charge in [0.2, 0.25) is 5.69 Å². The second kappa shape index (κ2) is 4.22. The number of halogens is 5. The van der Waals surface area contributed by atoms with E-state index in [1.165, 1.54) is 0 Å². The molecule has 0 fully saturated rings. The molecule has 0 radical (unpaired) electrons. The Bertz CT molecular complexity index is 458. The summed E-state index contributed by atoms with van der Waals surface area (Å²) in [6.07, 6.45) is -8.25. The number of hydrogen-bond acceptors (Lipinski definition) is 3. The van der Waals surface area contributed by atoms with Crippen LogP contribution in [0.25, 0.3) is 0 Å². The number of nitrogens with zero attached hydrogens (tertiary/aromatic N) is 2. The van der Waals surface area contributed by atoms with Crippen molar-refractivity contribution in [3.05, 3.63) is 33.0 Å². The first kappa shape index (κ1) is 13.3. The van der Waals surface area contributed by atoms with E-state index in [0.717, 1.165) is 6.92 Å². The van der Waals surface area contributed by atoms with Crippen molar-refractivity contribution in [2.75, 3.05) is 0 Å². The highest BCUT2D eigenvalue weighted by atomic mass is 19.4. The molecule has 0 aliphatic heterocycles. The molecule has 0 saturated carbocycles. The zero-order valence-electron chi connectivity index (χ0n) is 8.26. The van der Waals surface area contributed by atoms with Crippen LogP contribution in [0.2, 0.25) is 0 Å². The molecule has 0 bridgehead atoms. The first-order valence-electron chi connectivity index (χ1n) is 4.16. The molecular weight excluding hydrogens is 251 g/mol. The Morgan fingerprint density at radius 3 is 2.29 bits per heavy atom. The molecule has 0 aromatic carbocycles. The van der Waals surface area contributed by atoms with E-state index in [1.54, 1.807) is 0 Å². The van der Waals surface area contributed by atoms with Crippen LogP contribution in [0.5, 0.6) is 0 Å². The van der Waals surface area contributed by atoms with E-state index in [2.05, 4.69) is 4.98 Å². The summed E-state index contributed by atoms with van der Waals surface area (Å²) in [5, 5.41) is 10.4. The van der Waals surface area contributed by atoms with Crippen molar-refractivity contribution >= 4 is 5.82 Å². The number of nitro groups is 1. The fourth-order valence-electron chi connectivity index (χ4n) is 1.20. The van der Waals surface area contributed by atoms with E-state index in [1.807, 2.05) is 0 Å². The molecule has 0 saturated heterocycles. The van der Waals surface area contributed by atoms with Crippen molar-refractivity contribution in [3.8, 4) is 0 Å². The fraction of sp³-hybridized carbons (Fsp3) is 0.375. The van der Waals surface area contributed by atoms with Gasteiger partial charge in [-0.15, -0.1) is 0 Å². The van der Waals surface area contributed by atoms with Gasteiger partial charge in [-0.25, -0.2) is 8.78 Å². The predicted molar refractivity (Wildman–Crippen MR) is 45.6 cm³/mol. The Hall–Kier alpha value is -1.80. The van der Waals surface area contributed by atoms with Gasteiger partial charge in [0.05, 0.1) is 11.1 Å². The number of alkyl halides is 5. The van der Waals surface area contributed by atoms with Crippen LogP contribution in [-0.2, 0) is 6.18 Å². The maximum Gasteiger partial charge on any atom is 0.417 e. The van der Waals surface area contributed by atoms with Gasteiger partial charge in [-0.1, -0.05) is 0 Å². The fourth-order valence-corrected chi connectivity index (χ4v) is 1.20. The molecule has 0 atom stereocenters. The summed E-state index contributed by atoms with van der Waals surface area (Å²) in [7, 11) is 0. The number of rotatable bonds is 2. The van der Waals surface area contributed by atoms with Crippen molar-refractivity contribution < 1.29 is 26.9 Å². The number of pyridine rings is 1. The lowest BCUT2D eigenvalue weighted by Crippen LogP contribution is -2.12. The molecule has 94 valence electrons. The van der Waals surface area contributed by atoms with Gasteiger partial charge in [0, 0.05) is 6.07 Å². The second-order valence-corrected chi connectivity index (χ2v) is 3.10. The van der Waals surface area contributed by atoms with E-state index in [4.69, 9.17) is 0 Å². The van der Waals surface area contributed by atoms with Gasteiger partial charge < -0.3 is 10.1 Å². The highest BCUT2D eigenvalue weighted by Gasteiger charge is 2.38. The lowest BCUT2D eigenvalue weighted by Gasteiger charge is -2.10. The van der Waals surface area contributed by atoms with E-state index in [9.17, 15) is 32.1 Å². The molecule has 0 amide bonds. The molecule has 1 aromatic rings. The van der Waals surface area contributed by atoms with Crippen molar-refractivity contribution in [3.63, 3.8) is 0 Å². The van der Waals surface area contributed by atoms with Gasteiger partial charge in [0.1, 0.15) is 0 Å². The van der Waals surface area contributed by atoms with E-state index >= 15 is 0 Å². The van der Waals surface area contributed by atoms with Crippen LogP contribution < -0.4 is 0 Å². The molecule has 9 heteroatoms. The molecule has 1 aromatic heterocycles. The summed E-state index contributed by atoms with van der Waals surface area (Å²) in [6, 6.07) is 0.118. The summed E-state index contributed by atoms with van der Waals surface area (Å²) in [5.41, 5.74) is -3.53. The second-order valence-electron chi connectivity index (χ2n) is 3.10. The quantitative estimate of drug-likeness (QED) is 0.463. The molecule has 0 aliphatic rings. The molecule has 0 unspecified atom stereocenters. The molecule has 0 aliphatic carbocycles. The lowest BCUT2D eigenvalue weighted by molar-refractivity contribution is -0.390. The molecule has 1 rings (SSSR count). The standard InChI is InChI=1S/C8H5F5N2O2/c1-3-4(8(11,12)13)2-5(6(9)10)14-7(3)15(16)17/h2,6H,1H3. The van der Waals surface area contributed by atoms with E-state index in [-0.39, 0.29) is 6.07 Å². The van der Waals surface area contributed by atoms with Gasteiger partial charge in [-0.05, 0) is 16.8 Å². The Labute approximate surface area is 91.2 Å². The Morgan fingerprint density at radius 2 is 1.94 bits per heavy atom. The summed E-state index contributed by atoms with van der Waals surface area (Å²) in [6.45, 7) is 0.809. The highest BCUT2D eigenvalue weighted by Crippen LogP contribution is 2.36. The molecule has 0 spiro atoms. The molecule has 0 N–H and O–H groups in total. The van der Waals surface area contributed by atoms with Crippen molar-refractivity contribution in [1.29, 1.82) is 0 Å². The van der Waals surface area contributed by atoms with Gasteiger partial charge in [0.25, 0.3) is 0 Å². The number of hydrogen-bond donors (Lipinski definition) is 0. The minimum atomic E-state index is -4.94. The summed E-state index contributed by atoms with van der Waals surface area (Å²) >= 11 is 0. The van der Waals surface area contributed by atoms with Gasteiger partial charge in [-0.2, -0.15) is 13.2 Å². The topological polar surface area (TPSA) is 56.0 Å². The van der Waals surface area contributed by atoms with Crippen molar-refractivity contribution in [1.82, 2.24) is 4.98 Å². The molecule has 1 heterocycles. The largest absolute Gasteiger partial charge is 0.417 e. The van der Waals surface area contributed by atoms with Gasteiger partial charge >= 0.3 is 18.4 Å².